The summed E-state index contributed by atoms with van der Waals surface area (Å²) in [5.74, 6) is -3.72. The van der Waals surface area contributed by atoms with Gasteiger partial charge >= 0.3 is 0 Å². The highest BCUT2D eigenvalue weighted by molar-refractivity contribution is 7.91. The fourth-order valence-electron chi connectivity index (χ4n) is 4.67. The lowest BCUT2D eigenvalue weighted by Gasteiger charge is -2.22. The van der Waals surface area contributed by atoms with Crippen LogP contribution in [0.2, 0.25) is 0 Å². The molecule has 4 N–H and O–H groups in total. The molecule has 240 valence electrons. The second kappa shape index (κ2) is 14.4. The monoisotopic (exact) mass is 649 g/mol. The smallest absolute Gasteiger partial charge is 0.272 e. The third-order valence-corrected chi connectivity index (χ3v) is 8.88. The van der Waals surface area contributed by atoms with Gasteiger partial charge in [-0.2, -0.15) is 10.4 Å². The van der Waals surface area contributed by atoms with Crippen molar-refractivity contribution in [3.05, 3.63) is 105 Å². The summed E-state index contributed by atoms with van der Waals surface area (Å²) in [6.45, 7) is 2.37. The first kappa shape index (κ1) is 33.9. The normalized spacial score (nSPS) is 12.7. The molecule has 0 bridgehead atoms. The maximum absolute atomic E-state index is 14.5. The van der Waals surface area contributed by atoms with E-state index in [1.165, 1.54) is 36.4 Å². The van der Waals surface area contributed by atoms with Crippen LogP contribution >= 0.6 is 0 Å². The van der Waals surface area contributed by atoms with Gasteiger partial charge in [-0.1, -0.05) is 24.3 Å². The van der Waals surface area contributed by atoms with Crippen LogP contribution in [0.1, 0.15) is 39.7 Å². The molecule has 0 spiro atoms. The number of hydrogen-bond donors (Lipinski definition) is 4. The topological polar surface area (TPSA) is 191 Å². The van der Waals surface area contributed by atoms with E-state index in [4.69, 9.17) is 10.00 Å². The van der Waals surface area contributed by atoms with Crippen molar-refractivity contribution < 1.29 is 32.2 Å². The quantitative estimate of drug-likeness (QED) is 0.158. The van der Waals surface area contributed by atoms with Gasteiger partial charge in [-0.3, -0.25) is 14.4 Å². The molecule has 1 heterocycles. The van der Waals surface area contributed by atoms with Gasteiger partial charge in [0.05, 0.1) is 53.0 Å². The van der Waals surface area contributed by atoms with E-state index in [1.807, 2.05) is 6.07 Å². The maximum atomic E-state index is 14.5. The van der Waals surface area contributed by atoms with Crippen LogP contribution in [0.3, 0.4) is 0 Å². The average Bonchev–Trinajstić information content (AvgIpc) is 3.00. The van der Waals surface area contributed by atoms with Gasteiger partial charge in [0, 0.05) is 24.0 Å². The lowest BCUT2D eigenvalue weighted by molar-refractivity contribution is -0.130. The largest absolute Gasteiger partial charge is 0.379 e. The molecule has 12 nitrogen and oxygen atoms in total. The molecule has 4 rings (SSSR count). The number of carbonyl (C=O) groups is 2. The molecule has 1 atom stereocenters. The fourth-order valence-corrected chi connectivity index (χ4v) is 6.18. The number of ether oxygens (including phenoxy) is 1. The first-order chi connectivity index (χ1) is 21.8. The SMILES string of the molecule is Cc1cc(NC(=O)[C@](C)(O)CS(=O)(=O)CCOCCNC(=O)c2cc(Cc3n[nH]c(=O)c4ccccc34)ccc2F)ccc1C#N. The molecule has 0 saturated carbocycles. The van der Waals surface area contributed by atoms with E-state index in [1.54, 1.807) is 31.2 Å². The number of fused-ring (bicyclic) bond motifs is 1. The van der Waals surface area contributed by atoms with E-state index in [2.05, 4.69) is 20.8 Å². The minimum atomic E-state index is -3.93. The van der Waals surface area contributed by atoms with Crippen LogP contribution in [0.4, 0.5) is 10.1 Å². The van der Waals surface area contributed by atoms with E-state index >= 15 is 0 Å². The Kier molecular flexibility index (Phi) is 10.6. The zero-order chi connectivity index (χ0) is 33.5. The van der Waals surface area contributed by atoms with Crippen molar-refractivity contribution in [1.29, 1.82) is 5.26 Å². The highest BCUT2D eigenvalue weighted by atomic mass is 32.2. The number of carbonyl (C=O) groups excluding carboxylic acids is 2. The van der Waals surface area contributed by atoms with Gasteiger partial charge in [-0.25, -0.2) is 17.9 Å². The van der Waals surface area contributed by atoms with Gasteiger partial charge in [0.1, 0.15) is 5.82 Å². The molecule has 0 saturated heterocycles. The molecule has 4 aromatic rings. The van der Waals surface area contributed by atoms with Crippen molar-refractivity contribution in [2.24, 2.45) is 0 Å². The number of nitrogens with one attached hydrogen (secondary N) is 3. The summed E-state index contributed by atoms with van der Waals surface area (Å²) in [4.78, 5) is 37.3. The van der Waals surface area contributed by atoms with Crippen molar-refractivity contribution in [2.45, 2.75) is 25.9 Å². The van der Waals surface area contributed by atoms with E-state index < -0.39 is 44.6 Å². The second-order valence-electron chi connectivity index (χ2n) is 10.9. The number of rotatable bonds is 13. The fraction of sp³-hybridized carbons (Fsp3) is 0.281. The van der Waals surface area contributed by atoms with Crippen molar-refractivity contribution in [2.75, 3.05) is 36.6 Å². The second-order valence-corrected chi connectivity index (χ2v) is 13.0. The van der Waals surface area contributed by atoms with Crippen molar-refractivity contribution >= 4 is 38.1 Å². The standard InChI is InChI=1S/C32H32FN5O7S/c1-20-15-23(9-8-22(20)18-34)36-31(41)32(2,42)19-46(43,44)14-13-45-12-11-35-29(39)26-16-21(7-10-27(26)33)17-28-24-5-3-4-6-25(24)30(40)38-37-28/h3-10,15-16,42H,11-14,17,19H2,1-2H3,(H,35,39)(H,36,41)(H,38,40)/t32-/m1/s1. The van der Waals surface area contributed by atoms with Gasteiger partial charge < -0.3 is 20.5 Å². The van der Waals surface area contributed by atoms with Crippen LogP contribution in [-0.4, -0.2) is 72.4 Å². The molecule has 1 aromatic heterocycles. The lowest BCUT2D eigenvalue weighted by atomic mass is 10.0. The number of aromatic amines is 1. The predicted molar refractivity (Wildman–Crippen MR) is 169 cm³/mol. The third-order valence-electron chi connectivity index (χ3n) is 7.09. The van der Waals surface area contributed by atoms with Crippen LogP contribution in [0.25, 0.3) is 10.8 Å². The van der Waals surface area contributed by atoms with Crippen molar-refractivity contribution in [3.63, 3.8) is 0 Å². The number of hydrogen-bond acceptors (Lipinski definition) is 9. The van der Waals surface area contributed by atoms with Crippen molar-refractivity contribution in [3.8, 4) is 6.07 Å². The van der Waals surface area contributed by atoms with Crippen LogP contribution < -0.4 is 16.2 Å². The van der Waals surface area contributed by atoms with Gasteiger partial charge in [-0.15, -0.1) is 0 Å². The molecule has 2 amide bonds. The number of nitriles is 1. The Morgan fingerprint density at radius 2 is 1.85 bits per heavy atom. The van der Waals surface area contributed by atoms with Gasteiger partial charge in [0.25, 0.3) is 17.4 Å². The Morgan fingerprint density at radius 3 is 2.57 bits per heavy atom. The van der Waals surface area contributed by atoms with Crippen LogP contribution in [0.5, 0.6) is 0 Å². The summed E-state index contributed by atoms with van der Waals surface area (Å²) in [7, 11) is -3.93. The molecule has 0 radical (unpaired) electrons. The Balaban J connectivity index is 1.24. The summed E-state index contributed by atoms with van der Waals surface area (Å²) < 4.78 is 45.0. The van der Waals surface area contributed by atoms with E-state index in [0.717, 1.165) is 6.92 Å². The molecule has 0 aliphatic rings. The summed E-state index contributed by atoms with van der Waals surface area (Å²) in [5, 5.41) is 32.2. The molecule has 0 unspecified atom stereocenters. The Bertz CT molecular complexity index is 1990. The summed E-state index contributed by atoms with van der Waals surface area (Å²) in [6.07, 6.45) is 0.235. The summed E-state index contributed by atoms with van der Waals surface area (Å²) in [6, 6.07) is 17.5. The molecular weight excluding hydrogens is 617 g/mol. The van der Waals surface area contributed by atoms with Crippen LogP contribution in [-0.2, 0) is 25.8 Å². The minimum Gasteiger partial charge on any atom is -0.379 e. The summed E-state index contributed by atoms with van der Waals surface area (Å²) in [5.41, 5.74) is -0.305. The first-order valence-electron chi connectivity index (χ1n) is 14.2. The van der Waals surface area contributed by atoms with Crippen molar-refractivity contribution in [1.82, 2.24) is 15.5 Å². The summed E-state index contributed by atoms with van der Waals surface area (Å²) >= 11 is 0. The van der Waals surface area contributed by atoms with Crippen LogP contribution in [0.15, 0.2) is 65.5 Å². The molecule has 0 aliphatic carbocycles. The third kappa shape index (κ3) is 8.60. The molecule has 3 aromatic carbocycles. The van der Waals surface area contributed by atoms with Gasteiger partial charge in [0.2, 0.25) is 0 Å². The average molecular weight is 650 g/mol. The van der Waals surface area contributed by atoms with E-state index in [9.17, 15) is 32.3 Å². The molecule has 46 heavy (non-hydrogen) atoms. The van der Waals surface area contributed by atoms with Gasteiger partial charge in [0.15, 0.2) is 15.4 Å². The Hall–Kier alpha value is -4.97. The number of nitrogens with zero attached hydrogens (tertiary/aromatic N) is 2. The Labute approximate surface area is 264 Å². The lowest BCUT2D eigenvalue weighted by Crippen LogP contribution is -2.46. The number of sulfone groups is 1. The minimum absolute atomic E-state index is 0.0429. The maximum Gasteiger partial charge on any atom is 0.272 e. The van der Waals surface area contributed by atoms with Crippen LogP contribution in [0, 0.1) is 24.1 Å². The number of aromatic nitrogens is 2. The number of aryl methyl sites for hydroxylation is 1. The number of amides is 2. The number of anilines is 1. The highest BCUT2D eigenvalue weighted by Crippen LogP contribution is 2.19. The molecular formula is C32H32FN5O7S. The van der Waals surface area contributed by atoms with Gasteiger partial charge in [-0.05, 0) is 61.4 Å². The zero-order valence-corrected chi connectivity index (χ0v) is 25.9. The molecule has 14 heteroatoms. The van der Waals surface area contributed by atoms with E-state index in [-0.39, 0.29) is 37.3 Å². The predicted octanol–water partition coefficient (Wildman–Crippen LogP) is 2.38. The number of H-pyrrole nitrogens is 1. The number of benzene rings is 3. The number of halogens is 1. The van der Waals surface area contributed by atoms with E-state index in [0.29, 0.717) is 38.8 Å². The number of aliphatic hydroxyl groups is 1. The highest BCUT2D eigenvalue weighted by Gasteiger charge is 2.36. The Morgan fingerprint density at radius 1 is 1.11 bits per heavy atom. The molecule has 0 fully saturated rings. The zero-order valence-electron chi connectivity index (χ0n) is 25.1. The molecule has 0 aliphatic heterocycles. The first-order valence-corrected chi connectivity index (χ1v) is 16.0.